The van der Waals surface area contributed by atoms with Crippen LogP contribution in [0.4, 0.5) is 5.69 Å². The molecule has 0 bridgehead atoms. The summed E-state index contributed by atoms with van der Waals surface area (Å²) in [5, 5.41) is 14.7. The lowest BCUT2D eigenvalue weighted by molar-refractivity contribution is 0.0659. The minimum absolute atomic E-state index is 0.463. The van der Waals surface area contributed by atoms with Crippen molar-refractivity contribution in [2.45, 2.75) is 31.8 Å². The van der Waals surface area contributed by atoms with E-state index in [4.69, 9.17) is 4.74 Å². The third-order valence-corrected chi connectivity index (χ3v) is 4.12. The Kier molecular flexibility index (Phi) is 4.37. The molecule has 0 saturated heterocycles. The van der Waals surface area contributed by atoms with E-state index in [1.807, 2.05) is 30.3 Å². The summed E-state index contributed by atoms with van der Waals surface area (Å²) >= 11 is 0. The molecule has 0 spiro atoms. The molecular weight excluding hydrogens is 260 g/mol. The Morgan fingerprint density at radius 3 is 2.62 bits per heavy atom. The summed E-state index contributed by atoms with van der Waals surface area (Å²) in [6, 6.07) is 14.1. The Morgan fingerprint density at radius 1 is 1.10 bits per heavy atom. The predicted octanol–water partition coefficient (Wildman–Crippen LogP) is 4.08. The van der Waals surface area contributed by atoms with E-state index < -0.39 is 0 Å². The molecule has 2 aromatic rings. The summed E-state index contributed by atoms with van der Waals surface area (Å²) in [6.07, 6.45) is 5.49. The maximum Gasteiger partial charge on any atom is 0.0998 e. The molecule has 3 rings (SSSR count). The van der Waals surface area contributed by atoms with Gasteiger partial charge in [-0.2, -0.15) is 5.26 Å². The standard InChI is InChI=1S/C18H20N2O/c19-13-14-9-10-18(17-8-4-3-7-16(14)17)20-11-12-21-15-5-1-2-6-15/h3-4,7-10,15,20H,1-2,5-6,11-12H2. The highest BCUT2D eigenvalue weighted by molar-refractivity contribution is 5.97. The number of hydrogen-bond acceptors (Lipinski definition) is 3. The van der Waals surface area contributed by atoms with Crippen LogP contribution in [-0.4, -0.2) is 19.3 Å². The van der Waals surface area contributed by atoms with Gasteiger partial charge in [0, 0.05) is 23.0 Å². The molecule has 108 valence electrons. The number of nitriles is 1. The van der Waals surface area contributed by atoms with E-state index >= 15 is 0 Å². The van der Waals surface area contributed by atoms with Gasteiger partial charge in [0.1, 0.15) is 0 Å². The van der Waals surface area contributed by atoms with Crippen LogP contribution in [-0.2, 0) is 4.74 Å². The lowest BCUT2D eigenvalue weighted by atomic mass is 10.0. The van der Waals surface area contributed by atoms with Crippen LogP contribution in [0.3, 0.4) is 0 Å². The maximum absolute atomic E-state index is 9.17. The maximum atomic E-state index is 9.17. The van der Waals surface area contributed by atoms with Crippen LogP contribution in [0.1, 0.15) is 31.2 Å². The quantitative estimate of drug-likeness (QED) is 0.839. The second-order valence-corrected chi connectivity index (χ2v) is 5.52. The molecule has 0 amide bonds. The average Bonchev–Trinajstić information content (AvgIpc) is 3.05. The molecule has 1 saturated carbocycles. The van der Waals surface area contributed by atoms with Gasteiger partial charge >= 0.3 is 0 Å². The van der Waals surface area contributed by atoms with Crippen molar-refractivity contribution >= 4 is 16.5 Å². The third-order valence-electron chi connectivity index (χ3n) is 4.12. The van der Waals surface area contributed by atoms with Crippen molar-refractivity contribution in [3.63, 3.8) is 0 Å². The number of hydrogen-bond donors (Lipinski definition) is 1. The lowest BCUT2D eigenvalue weighted by Gasteiger charge is -2.13. The van der Waals surface area contributed by atoms with Crippen molar-refractivity contribution in [1.82, 2.24) is 0 Å². The fraction of sp³-hybridized carbons (Fsp3) is 0.389. The van der Waals surface area contributed by atoms with Gasteiger partial charge in [-0.05, 0) is 25.0 Å². The SMILES string of the molecule is N#Cc1ccc(NCCOC2CCCC2)c2ccccc12. The number of fused-ring (bicyclic) bond motifs is 1. The molecule has 0 aliphatic heterocycles. The van der Waals surface area contributed by atoms with Crippen molar-refractivity contribution < 1.29 is 4.74 Å². The van der Waals surface area contributed by atoms with Crippen LogP contribution in [0.2, 0.25) is 0 Å². The lowest BCUT2D eigenvalue weighted by Crippen LogP contribution is -2.15. The van der Waals surface area contributed by atoms with Crippen LogP contribution >= 0.6 is 0 Å². The topological polar surface area (TPSA) is 45.0 Å². The van der Waals surface area contributed by atoms with E-state index in [-0.39, 0.29) is 0 Å². The first kappa shape index (κ1) is 13.9. The zero-order valence-electron chi connectivity index (χ0n) is 12.1. The summed E-state index contributed by atoms with van der Waals surface area (Å²) in [6.45, 7) is 1.53. The van der Waals surface area contributed by atoms with E-state index in [1.54, 1.807) is 0 Å². The van der Waals surface area contributed by atoms with Crippen molar-refractivity contribution in [3.05, 3.63) is 42.0 Å². The Morgan fingerprint density at radius 2 is 1.86 bits per heavy atom. The molecule has 1 N–H and O–H groups in total. The van der Waals surface area contributed by atoms with Crippen LogP contribution in [0, 0.1) is 11.3 Å². The molecule has 3 heteroatoms. The average molecular weight is 280 g/mol. The van der Waals surface area contributed by atoms with Gasteiger partial charge in [0.05, 0.1) is 24.3 Å². The molecule has 1 fully saturated rings. The number of benzene rings is 2. The number of ether oxygens (including phenoxy) is 1. The third kappa shape index (κ3) is 3.17. The van der Waals surface area contributed by atoms with Crippen molar-refractivity contribution in [2.24, 2.45) is 0 Å². The molecule has 0 radical (unpaired) electrons. The zero-order valence-corrected chi connectivity index (χ0v) is 12.1. The number of nitrogens with one attached hydrogen (secondary N) is 1. The Labute approximate surface area is 125 Å². The molecule has 3 nitrogen and oxygen atoms in total. The number of rotatable bonds is 5. The van der Waals surface area contributed by atoms with E-state index in [0.29, 0.717) is 6.10 Å². The Hall–Kier alpha value is -2.05. The van der Waals surface area contributed by atoms with Gasteiger partial charge in [-0.1, -0.05) is 37.1 Å². The molecule has 0 atom stereocenters. The molecule has 2 aromatic carbocycles. The molecular formula is C18H20N2O. The molecule has 1 aliphatic carbocycles. The summed E-state index contributed by atoms with van der Waals surface area (Å²) in [5.74, 6) is 0. The number of anilines is 1. The van der Waals surface area contributed by atoms with Gasteiger partial charge in [0.25, 0.3) is 0 Å². The van der Waals surface area contributed by atoms with Gasteiger partial charge in [-0.25, -0.2) is 0 Å². The second-order valence-electron chi connectivity index (χ2n) is 5.52. The largest absolute Gasteiger partial charge is 0.382 e. The van der Waals surface area contributed by atoms with Gasteiger partial charge in [0.15, 0.2) is 0 Å². The van der Waals surface area contributed by atoms with E-state index in [0.717, 1.165) is 35.2 Å². The summed E-state index contributed by atoms with van der Waals surface area (Å²) in [4.78, 5) is 0. The van der Waals surface area contributed by atoms with Crippen molar-refractivity contribution in [2.75, 3.05) is 18.5 Å². The van der Waals surface area contributed by atoms with Crippen LogP contribution in [0.15, 0.2) is 36.4 Å². The van der Waals surface area contributed by atoms with Crippen LogP contribution in [0.5, 0.6) is 0 Å². The fourth-order valence-electron chi connectivity index (χ4n) is 3.02. The number of nitrogens with zero attached hydrogens (tertiary/aromatic N) is 1. The summed E-state index contributed by atoms with van der Waals surface area (Å²) in [7, 11) is 0. The highest BCUT2D eigenvalue weighted by Crippen LogP contribution is 2.26. The normalized spacial score (nSPS) is 15.2. The zero-order chi connectivity index (χ0) is 14.5. The molecule has 0 heterocycles. The van der Waals surface area contributed by atoms with E-state index in [2.05, 4.69) is 17.5 Å². The van der Waals surface area contributed by atoms with Crippen molar-refractivity contribution in [1.29, 1.82) is 5.26 Å². The van der Waals surface area contributed by atoms with Crippen LogP contribution in [0.25, 0.3) is 10.8 Å². The monoisotopic (exact) mass is 280 g/mol. The minimum Gasteiger partial charge on any atom is -0.382 e. The fourth-order valence-corrected chi connectivity index (χ4v) is 3.02. The Balaban J connectivity index is 1.65. The first-order valence-electron chi connectivity index (χ1n) is 7.66. The molecule has 0 unspecified atom stereocenters. The highest BCUT2D eigenvalue weighted by atomic mass is 16.5. The van der Waals surface area contributed by atoms with Crippen LogP contribution < -0.4 is 5.32 Å². The first-order chi connectivity index (χ1) is 10.4. The minimum atomic E-state index is 0.463. The predicted molar refractivity (Wildman–Crippen MR) is 85.4 cm³/mol. The highest BCUT2D eigenvalue weighted by Gasteiger charge is 2.14. The Bertz CT molecular complexity index is 654. The summed E-state index contributed by atoms with van der Waals surface area (Å²) < 4.78 is 5.87. The first-order valence-corrected chi connectivity index (χ1v) is 7.66. The van der Waals surface area contributed by atoms with E-state index in [9.17, 15) is 5.26 Å². The second kappa shape index (κ2) is 6.60. The van der Waals surface area contributed by atoms with Crippen molar-refractivity contribution in [3.8, 4) is 6.07 Å². The van der Waals surface area contributed by atoms with Gasteiger partial charge in [0.2, 0.25) is 0 Å². The molecule has 0 aromatic heterocycles. The summed E-state index contributed by atoms with van der Waals surface area (Å²) in [5.41, 5.74) is 1.79. The van der Waals surface area contributed by atoms with Gasteiger partial charge in [-0.3, -0.25) is 0 Å². The van der Waals surface area contributed by atoms with Gasteiger partial charge in [-0.15, -0.1) is 0 Å². The molecule has 1 aliphatic rings. The molecule has 21 heavy (non-hydrogen) atoms. The smallest absolute Gasteiger partial charge is 0.0998 e. The van der Waals surface area contributed by atoms with E-state index in [1.165, 1.54) is 25.7 Å². The van der Waals surface area contributed by atoms with Gasteiger partial charge < -0.3 is 10.1 Å².